The van der Waals surface area contributed by atoms with Crippen LogP contribution in [-0.2, 0) is 11.3 Å². The quantitative estimate of drug-likeness (QED) is 0.414. The molecule has 0 bridgehead atoms. The Labute approximate surface area is 147 Å². The van der Waals surface area contributed by atoms with Crippen molar-refractivity contribution in [2.24, 2.45) is 10.7 Å². The zero-order valence-corrected chi connectivity index (χ0v) is 14.4. The molecule has 5 nitrogen and oxygen atoms in total. The molecule has 0 amide bonds. The van der Waals surface area contributed by atoms with Gasteiger partial charge in [-0.15, -0.1) is 0 Å². The highest BCUT2D eigenvalue weighted by atomic mass is 19.1. The summed E-state index contributed by atoms with van der Waals surface area (Å²) in [6, 6.07) is 13.8. The first kappa shape index (κ1) is 18.7. The molecule has 0 heterocycles. The first-order chi connectivity index (χ1) is 12.2. The van der Waals surface area contributed by atoms with E-state index in [4.69, 9.17) is 15.2 Å². The highest BCUT2D eigenvalue weighted by Crippen LogP contribution is 2.15. The molecule has 2 aromatic rings. The number of benzene rings is 2. The third-order valence-electron chi connectivity index (χ3n) is 3.50. The fraction of sp³-hybridized carbons (Fsp3) is 0.316. The van der Waals surface area contributed by atoms with Gasteiger partial charge in [-0.25, -0.2) is 4.39 Å². The largest absolute Gasteiger partial charge is 0.494 e. The van der Waals surface area contributed by atoms with Crippen molar-refractivity contribution in [3.63, 3.8) is 0 Å². The molecule has 0 aliphatic carbocycles. The minimum Gasteiger partial charge on any atom is -0.494 e. The maximum Gasteiger partial charge on any atom is 0.193 e. The van der Waals surface area contributed by atoms with Gasteiger partial charge in [0.1, 0.15) is 11.6 Å². The third-order valence-corrected chi connectivity index (χ3v) is 3.50. The number of aliphatic imine (C=N–C) groups is 1. The molecular formula is C19H24FN3O2. The van der Waals surface area contributed by atoms with Crippen molar-refractivity contribution < 1.29 is 13.9 Å². The summed E-state index contributed by atoms with van der Waals surface area (Å²) >= 11 is 0. The van der Waals surface area contributed by atoms with Crippen molar-refractivity contribution in [3.8, 4) is 5.75 Å². The van der Waals surface area contributed by atoms with Crippen LogP contribution in [0.1, 0.15) is 18.4 Å². The van der Waals surface area contributed by atoms with E-state index in [1.807, 2.05) is 24.3 Å². The molecule has 0 aliphatic heterocycles. The second-order valence-corrected chi connectivity index (χ2v) is 5.49. The summed E-state index contributed by atoms with van der Waals surface area (Å²) in [4.78, 5) is 4.31. The topological polar surface area (TPSA) is 68.9 Å². The lowest BCUT2D eigenvalue weighted by Gasteiger charge is -2.10. The van der Waals surface area contributed by atoms with Crippen molar-refractivity contribution in [1.82, 2.24) is 0 Å². The zero-order valence-electron chi connectivity index (χ0n) is 14.4. The van der Waals surface area contributed by atoms with Crippen LogP contribution >= 0.6 is 0 Å². The van der Waals surface area contributed by atoms with Gasteiger partial charge < -0.3 is 20.5 Å². The summed E-state index contributed by atoms with van der Waals surface area (Å²) in [5.74, 6) is 0.778. The predicted molar refractivity (Wildman–Crippen MR) is 98.4 cm³/mol. The number of hydrogen-bond donors (Lipinski definition) is 2. The Morgan fingerprint density at radius 1 is 1.12 bits per heavy atom. The summed E-state index contributed by atoms with van der Waals surface area (Å²) < 4.78 is 23.5. The number of para-hydroxylation sites is 1. The van der Waals surface area contributed by atoms with E-state index in [1.54, 1.807) is 19.2 Å². The standard InChI is InChI=1S/C19H24FN3O2/c1-24-14-15-6-2-3-7-18(15)23-19(21)22-12-4-5-13-25-17-10-8-16(20)9-11-17/h2-3,6-11H,4-5,12-14H2,1H3,(H3,21,22,23). The monoisotopic (exact) mass is 345 g/mol. The van der Waals surface area contributed by atoms with E-state index in [0.29, 0.717) is 31.5 Å². The number of unbranched alkanes of at least 4 members (excludes halogenated alkanes) is 1. The number of ether oxygens (including phenoxy) is 2. The van der Waals surface area contributed by atoms with Crippen LogP contribution in [0.5, 0.6) is 5.75 Å². The van der Waals surface area contributed by atoms with Crippen molar-refractivity contribution in [1.29, 1.82) is 0 Å². The van der Waals surface area contributed by atoms with Crippen molar-refractivity contribution >= 4 is 11.6 Å². The van der Waals surface area contributed by atoms with E-state index in [0.717, 1.165) is 24.1 Å². The number of nitrogens with one attached hydrogen (secondary N) is 1. The summed E-state index contributed by atoms with van der Waals surface area (Å²) in [5.41, 5.74) is 7.84. The molecule has 2 rings (SSSR count). The molecule has 0 fully saturated rings. The highest BCUT2D eigenvalue weighted by Gasteiger charge is 2.02. The Morgan fingerprint density at radius 2 is 1.88 bits per heavy atom. The smallest absolute Gasteiger partial charge is 0.193 e. The van der Waals surface area contributed by atoms with E-state index in [1.165, 1.54) is 12.1 Å². The van der Waals surface area contributed by atoms with Crippen LogP contribution in [0, 0.1) is 5.82 Å². The Morgan fingerprint density at radius 3 is 2.64 bits per heavy atom. The van der Waals surface area contributed by atoms with Gasteiger partial charge in [0.15, 0.2) is 5.96 Å². The molecule has 0 aromatic heterocycles. The zero-order chi connectivity index (χ0) is 17.9. The van der Waals surface area contributed by atoms with Crippen LogP contribution in [0.25, 0.3) is 0 Å². The Kier molecular flexibility index (Phi) is 7.72. The molecule has 25 heavy (non-hydrogen) atoms. The summed E-state index contributed by atoms with van der Waals surface area (Å²) in [7, 11) is 1.65. The molecule has 0 saturated carbocycles. The first-order valence-electron chi connectivity index (χ1n) is 8.21. The first-order valence-corrected chi connectivity index (χ1v) is 8.21. The Hall–Kier alpha value is -2.60. The van der Waals surface area contributed by atoms with Gasteiger partial charge in [0.2, 0.25) is 0 Å². The molecule has 3 N–H and O–H groups in total. The highest BCUT2D eigenvalue weighted by molar-refractivity contribution is 5.92. The molecule has 0 spiro atoms. The van der Waals surface area contributed by atoms with Gasteiger partial charge in [0, 0.05) is 24.9 Å². The van der Waals surface area contributed by atoms with Gasteiger partial charge in [-0.05, 0) is 43.2 Å². The van der Waals surface area contributed by atoms with Crippen molar-refractivity contribution in [2.75, 3.05) is 25.6 Å². The van der Waals surface area contributed by atoms with Gasteiger partial charge in [0.25, 0.3) is 0 Å². The molecule has 0 atom stereocenters. The van der Waals surface area contributed by atoms with Crippen LogP contribution in [0.15, 0.2) is 53.5 Å². The van der Waals surface area contributed by atoms with E-state index < -0.39 is 0 Å². The van der Waals surface area contributed by atoms with Crippen LogP contribution < -0.4 is 15.8 Å². The van der Waals surface area contributed by atoms with Gasteiger partial charge >= 0.3 is 0 Å². The molecular weight excluding hydrogens is 321 g/mol. The number of nitrogens with zero attached hydrogens (tertiary/aromatic N) is 1. The maximum atomic E-state index is 12.8. The van der Waals surface area contributed by atoms with Crippen molar-refractivity contribution in [3.05, 3.63) is 59.9 Å². The van der Waals surface area contributed by atoms with Gasteiger partial charge in [-0.2, -0.15) is 0 Å². The number of anilines is 1. The fourth-order valence-electron chi connectivity index (χ4n) is 2.24. The second kappa shape index (κ2) is 10.3. The average molecular weight is 345 g/mol. The van der Waals surface area contributed by atoms with Crippen LogP contribution in [0.4, 0.5) is 10.1 Å². The minimum absolute atomic E-state index is 0.267. The van der Waals surface area contributed by atoms with E-state index >= 15 is 0 Å². The van der Waals surface area contributed by atoms with E-state index in [9.17, 15) is 4.39 Å². The molecule has 0 aliphatic rings. The predicted octanol–water partition coefficient (Wildman–Crippen LogP) is 3.56. The van der Waals surface area contributed by atoms with Crippen LogP contribution in [-0.4, -0.2) is 26.2 Å². The molecule has 134 valence electrons. The summed E-state index contributed by atoms with van der Waals surface area (Å²) in [6.45, 7) is 1.68. The maximum absolute atomic E-state index is 12.8. The lowest BCUT2D eigenvalue weighted by atomic mass is 10.2. The van der Waals surface area contributed by atoms with Gasteiger partial charge in [-0.3, -0.25) is 4.99 Å². The fourth-order valence-corrected chi connectivity index (χ4v) is 2.24. The lowest BCUT2D eigenvalue weighted by molar-refractivity contribution is 0.185. The number of guanidine groups is 1. The SMILES string of the molecule is COCc1ccccc1NC(N)=NCCCCOc1ccc(F)cc1. The Bertz CT molecular complexity index is 675. The third kappa shape index (κ3) is 6.81. The Balaban J connectivity index is 1.68. The van der Waals surface area contributed by atoms with E-state index in [-0.39, 0.29) is 5.82 Å². The van der Waals surface area contributed by atoms with Crippen LogP contribution in [0.2, 0.25) is 0 Å². The van der Waals surface area contributed by atoms with Gasteiger partial charge in [0.05, 0.1) is 13.2 Å². The van der Waals surface area contributed by atoms with E-state index in [2.05, 4.69) is 10.3 Å². The van der Waals surface area contributed by atoms with Crippen molar-refractivity contribution in [2.45, 2.75) is 19.4 Å². The summed E-state index contributed by atoms with van der Waals surface area (Å²) in [5, 5.41) is 3.10. The molecule has 0 saturated heterocycles. The number of halogens is 1. The number of hydrogen-bond acceptors (Lipinski definition) is 3. The number of rotatable bonds is 9. The second-order valence-electron chi connectivity index (χ2n) is 5.49. The molecule has 6 heteroatoms. The molecule has 0 unspecified atom stereocenters. The molecule has 0 radical (unpaired) electrons. The average Bonchev–Trinajstić information content (AvgIpc) is 2.61. The number of nitrogens with two attached hydrogens (primary N) is 1. The lowest BCUT2D eigenvalue weighted by Crippen LogP contribution is -2.23. The summed E-state index contributed by atoms with van der Waals surface area (Å²) in [6.07, 6.45) is 1.69. The van der Waals surface area contributed by atoms with Crippen LogP contribution in [0.3, 0.4) is 0 Å². The number of methoxy groups -OCH3 is 1. The van der Waals surface area contributed by atoms with Gasteiger partial charge in [-0.1, -0.05) is 18.2 Å². The minimum atomic E-state index is -0.267. The molecule has 2 aromatic carbocycles. The normalized spacial score (nSPS) is 11.4.